The molecule has 4 rings (SSSR count). The van der Waals surface area contributed by atoms with Crippen LogP contribution < -0.4 is 5.32 Å². The number of hydrogen-bond donors (Lipinski definition) is 1. The van der Waals surface area contributed by atoms with Crippen LogP contribution in [0.25, 0.3) is 0 Å². The lowest BCUT2D eigenvalue weighted by Gasteiger charge is -2.26. The Balaban J connectivity index is 0.00000142. The van der Waals surface area contributed by atoms with E-state index in [4.69, 9.17) is 4.74 Å². The molecule has 3 atom stereocenters. The molecular formula is C35H55N3O3. The average Bonchev–Trinajstić information content (AvgIpc) is 3.63. The maximum Gasteiger partial charge on any atom is 0.416 e. The van der Waals surface area contributed by atoms with Crippen molar-refractivity contribution >= 4 is 12.0 Å². The molecule has 2 unspecified atom stereocenters. The molecule has 0 radical (unpaired) electrons. The van der Waals surface area contributed by atoms with Gasteiger partial charge in [0.15, 0.2) is 0 Å². The summed E-state index contributed by atoms with van der Waals surface area (Å²) in [5, 5.41) is 2.69. The predicted molar refractivity (Wildman–Crippen MR) is 174 cm³/mol. The number of imide groups is 1. The summed E-state index contributed by atoms with van der Waals surface area (Å²) in [6.45, 7) is 22.0. The molecule has 2 aromatic carbocycles. The van der Waals surface area contributed by atoms with E-state index in [1.165, 1.54) is 16.0 Å². The summed E-state index contributed by atoms with van der Waals surface area (Å²) in [7, 11) is 1.81. The number of cyclic esters (lactones) is 1. The lowest BCUT2D eigenvalue weighted by molar-refractivity contribution is -0.133. The van der Waals surface area contributed by atoms with Crippen molar-refractivity contribution in [2.45, 2.75) is 74.4 Å². The molecule has 2 aliphatic heterocycles. The van der Waals surface area contributed by atoms with Crippen LogP contribution in [0.3, 0.4) is 0 Å². The highest BCUT2D eigenvalue weighted by atomic mass is 16.6. The van der Waals surface area contributed by atoms with Crippen molar-refractivity contribution in [2.24, 2.45) is 11.8 Å². The minimum absolute atomic E-state index is 0.104. The van der Waals surface area contributed by atoms with Gasteiger partial charge in [-0.05, 0) is 37.6 Å². The first kappa shape index (κ1) is 37.6. The van der Waals surface area contributed by atoms with Gasteiger partial charge in [-0.15, -0.1) is 0 Å². The number of benzene rings is 2. The topological polar surface area (TPSA) is 61.9 Å². The molecule has 0 spiro atoms. The maximum absolute atomic E-state index is 13.7. The summed E-state index contributed by atoms with van der Waals surface area (Å²) >= 11 is 0. The average molecular weight is 566 g/mol. The Morgan fingerprint density at radius 1 is 0.927 bits per heavy atom. The number of likely N-dealkylation sites (tertiary alicyclic amines) is 1. The zero-order chi connectivity index (χ0) is 31.2. The summed E-state index contributed by atoms with van der Waals surface area (Å²) < 4.78 is 5.31. The van der Waals surface area contributed by atoms with Gasteiger partial charge >= 0.3 is 6.09 Å². The lowest BCUT2D eigenvalue weighted by atomic mass is 9.88. The van der Waals surface area contributed by atoms with Crippen molar-refractivity contribution in [3.8, 4) is 0 Å². The van der Waals surface area contributed by atoms with Crippen molar-refractivity contribution in [3.05, 3.63) is 96.2 Å². The van der Waals surface area contributed by atoms with Crippen molar-refractivity contribution in [3.63, 3.8) is 0 Å². The fourth-order valence-electron chi connectivity index (χ4n) is 4.73. The van der Waals surface area contributed by atoms with E-state index in [0.29, 0.717) is 13.0 Å². The molecule has 0 aromatic heterocycles. The van der Waals surface area contributed by atoms with Gasteiger partial charge in [0.1, 0.15) is 6.61 Å². The van der Waals surface area contributed by atoms with E-state index in [1.54, 1.807) is 6.20 Å². The second-order valence-electron chi connectivity index (χ2n) is 9.05. The van der Waals surface area contributed by atoms with E-state index >= 15 is 0 Å². The molecule has 2 saturated heterocycles. The summed E-state index contributed by atoms with van der Waals surface area (Å²) in [6, 6.07) is 20.0. The number of ether oxygens (including phenoxy) is 1. The Morgan fingerprint density at radius 2 is 1.41 bits per heavy atom. The quantitative estimate of drug-likeness (QED) is 0.348. The van der Waals surface area contributed by atoms with Crippen LogP contribution in [0.2, 0.25) is 0 Å². The van der Waals surface area contributed by atoms with Crippen LogP contribution >= 0.6 is 0 Å². The number of amides is 2. The molecule has 6 heteroatoms. The first-order valence-electron chi connectivity index (χ1n) is 15.2. The van der Waals surface area contributed by atoms with Gasteiger partial charge in [-0.2, -0.15) is 0 Å². The van der Waals surface area contributed by atoms with Gasteiger partial charge in [-0.1, -0.05) is 120 Å². The highest BCUT2D eigenvalue weighted by Crippen LogP contribution is 2.33. The molecule has 0 saturated carbocycles. The fraction of sp³-hybridized carbons (Fsp3) is 0.486. The summed E-state index contributed by atoms with van der Waals surface area (Å²) in [5.41, 5.74) is 3.53. The van der Waals surface area contributed by atoms with E-state index in [-0.39, 0.29) is 30.4 Å². The van der Waals surface area contributed by atoms with Crippen LogP contribution in [-0.2, 0) is 22.5 Å². The number of nitrogens with zero attached hydrogens (tertiary/aromatic N) is 2. The number of carbonyl (C=O) groups is 2. The lowest BCUT2D eigenvalue weighted by Crippen LogP contribution is -2.45. The van der Waals surface area contributed by atoms with Crippen LogP contribution in [0.15, 0.2) is 85.1 Å². The minimum Gasteiger partial charge on any atom is -0.447 e. The monoisotopic (exact) mass is 565 g/mol. The largest absolute Gasteiger partial charge is 0.447 e. The van der Waals surface area contributed by atoms with Crippen molar-refractivity contribution in [2.75, 3.05) is 26.7 Å². The number of allylic oxidation sites excluding steroid dienone is 1. The third kappa shape index (κ3) is 11.9. The molecule has 1 N–H and O–H groups in total. The third-order valence-electron chi connectivity index (χ3n) is 6.72. The predicted octanol–water partition coefficient (Wildman–Crippen LogP) is 7.72. The highest BCUT2D eigenvalue weighted by molar-refractivity contribution is 5.95. The van der Waals surface area contributed by atoms with E-state index in [0.717, 1.165) is 18.7 Å². The fourth-order valence-corrected chi connectivity index (χ4v) is 4.73. The Hall–Kier alpha value is -3.38. The second kappa shape index (κ2) is 22.3. The van der Waals surface area contributed by atoms with Gasteiger partial charge in [0.25, 0.3) is 0 Å². The molecule has 2 aromatic rings. The molecule has 2 amide bonds. The first-order valence-corrected chi connectivity index (χ1v) is 15.2. The molecule has 41 heavy (non-hydrogen) atoms. The Kier molecular flexibility index (Phi) is 20.5. The zero-order valence-electron chi connectivity index (χ0n) is 27.0. The molecular weight excluding hydrogens is 510 g/mol. The van der Waals surface area contributed by atoms with E-state index in [9.17, 15) is 9.59 Å². The standard InChI is InChI=1S/C26H30N2O3.C3H7N.3C2H6/c1-3-19(2)23-16-27(15-21-12-8-5-9-13-21)17-24(23)25(29)28-22(18-31-26(28)30)14-20-10-6-4-7-11-20;1-3-4-2;3*1-2/h3-13,22-24H,14-18H2,1-2H3;3-4H,1H2,2H3;3*1-2H3/b19-3+;;;;/t22-,23?,24?;;;;/m0..../s1. The molecule has 6 nitrogen and oxygen atoms in total. The van der Waals surface area contributed by atoms with Gasteiger partial charge in [0, 0.05) is 32.6 Å². The Labute approximate surface area is 250 Å². The van der Waals surface area contributed by atoms with Gasteiger partial charge < -0.3 is 10.1 Å². The number of hydrogen-bond acceptors (Lipinski definition) is 5. The molecule has 0 bridgehead atoms. The normalized spacial score (nSPS) is 19.4. The van der Waals surface area contributed by atoms with Gasteiger partial charge in [0.2, 0.25) is 5.91 Å². The molecule has 2 aliphatic rings. The Bertz CT molecular complexity index is 1010. The van der Waals surface area contributed by atoms with Crippen LogP contribution in [0.1, 0.15) is 66.5 Å². The smallest absolute Gasteiger partial charge is 0.416 e. The van der Waals surface area contributed by atoms with Gasteiger partial charge in [0.05, 0.1) is 12.0 Å². The summed E-state index contributed by atoms with van der Waals surface area (Å²) in [4.78, 5) is 29.9. The number of nitrogens with one attached hydrogen (secondary N) is 1. The van der Waals surface area contributed by atoms with E-state index in [2.05, 4.69) is 41.9 Å². The van der Waals surface area contributed by atoms with E-state index < -0.39 is 6.09 Å². The second-order valence-corrected chi connectivity index (χ2v) is 9.05. The summed E-state index contributed by atoms with van der Waals surface area (Å²) in [6.07, 6.45) is 3.82. The Morgan fingerprint density at radius 3 is 1.90 bits per heavy atom. The first-order chi connectivity index (χ1) is 20.0. The third-order valence-corrected chi connectivity index (χ3v) is 6.72. The van der Waals surface area contributed by atoms with Crippen LogP contribution in [-0.4, -0.2) is 54.6 Å². The molecule has 2 heterocycles. The van der Waals surface area contributed by atoms with Crippen LogP contribution in [0.4, 0.5) is 4.79 Å². The van der Waals surface area contributed by atoms with Crippen LogP contribution in [0, 0.1) is 11.8 Å². The zero-order valence-corrected chi connectivity index (χ0v) is 27.0. The maximum atomic E-state index is 13.7. The molecule has 2 fully saturated rings. The van der Waals surface area contributed by atoms with Crippen LogP contribution in [0.5, 0.6) is 0 Å². The molecule has 228 valence electrons. The van der Waals surface area contributed by atoms with Gasteiger partial charge in [-0.25, -0.2) is 9.69 Å². The SMILES string of the molecule is C/C=C(\C)C1CN(Cc2ccccc2)CC1C(=O)N1C(=O)OC[C@@H]1Cc1ccccc1.C=CNC.CC.CC.CC. The van der Waals surface area contributed by atoms with Crippen molar-refractivity contribution in [1.82, 2.24) is 15.1 Å². The van der Waals surface area contributed by atoms with Crippen molar-refractivity contribution in [1.29, 1.82) is 0 Å². The van der Waals surface area contributed by atoms with E-state index in [1.807, 2.05) is 104 Å². The van der Waals surface area contributed by atoms with Crippen molar-refractivity contribution < 1.29 is 14.3 Å². The van der Waals surface area contributed by atoms with Gasteiger partial charge in [-0.3, -0.25) is 9.69 Å². The minimum atomic E-state index is -0.510. The summed E-state index contributed by atoms with van der Waals surface area (Å²) in [5.74, 6) is -0.249. The molecule has 0 aliphatic carbocycles. The highest BCUT2D eigenvalue weighted by Gasteiger charge is 2.46. The number of rotatable bonds is 7. The number of carbonyl (C=O) groups excluding carboxylic acids is 2.